The Hall–Kier alpha value is -2.74. The molecule has 0 aliphatic heterocycles. The van der Waals surface area contributed by atoms with Crippen LogP contribution in [-0.4, -0.2) is 25.2 Å². The van der Waals surface area contributed by atoms with Crippen molar-refractivity contribution in [3.05, 3.63) is 63.7 Å². The van der Waals surface area contributed by atoms with Gasteiger partial charge in [-0.25, -0.2) is 23.7 Å². The van der Waals surface area contributed by atoms with E-state index in [1.807, 2.05) is 0 Å². The second-order valence-corrected chi connectivity index (χ2v) is 13.3. The molecule has 0 saturated carbocycles. The molecule has 7 nitrogen and oxygen atoms in total. The van der Waals surface area contributed by atoms with Gasteiger partial charge in [-0.2, -0.15) is 13.2 Å². The number of hydrogen-bond donors (Lipinski definition) is 2. The van der Waals surface area contributed by atoms with Gasteiger partial charge in [0.15, 0.2) is 15.7 Å². The SMILES string of the molecule is CC(C)c1nc(-c2cccc(C(F)(F)F)c2)c(F)c(C(C)C)c1CC(=O)N=S(N)(=O)c1cnc(C(C)(C)O)s1. The fraction of sp³-hybridized carbons (Fsp3) is 0.423. The minimum Gasteiger partial charge on any atom is -0.383 e. The summed E-state index contributed by atoms with van der Waals surface area (Å²) in [5.41, 5.74) is -1.93. The minimum absolute atomic E-state index is 0.00894. The van der Waals surface area contributed by atoms with Gasteiger partial charge in [-0.15, -0.1) is 15.7 Å². The highest BCUT2D eigenvalue weighted by Gasteiger charge is 2.32. The Morgan fingerprint density at radius 3 is 2.33 bits per heavy atom. The zero-order chi connectivity index (χ0) is 29.5. The van der Waals surface area contributed by atoms with Crippen LogP contribution in [-0.2, 0) is 32.9 Å². The molecule has 1 aromatic carbocycles. The molecule has 1 amide bonds. The fourth-order valence-corrected chi connectivity index (χ4v) is 6.13. The maximum atomic E-state index is 15.9. The molecule has 2 aromatic heterocycles. The van der Waals surface area contributed by atoms with Crippen LogP contribution in [0.5, 0.6) is 0 Å². The number of benzene rings is 1. The zero-order valence-electron chi connectivity index (χ0n) is 22.3. The van der Waals surface area contributed by atoms with Gasteiger partial charge in [-0.3, -0.25) is 4.79 Å². The number of pyridine rings is 1. The van der Waals surface area contributed by atoms with Crippen LogP contribution in [0.1, 0.15) is 80.8 Å². The quantitative estimate of drug-likeness (QED) is 0.315. The van der Waals surface area contributed by atoms with Gasteiger partial charge in [0.05, 0.1) is 18.2 Å². The van der Waals surface area contributed by atoms with Crippen molar-refractivity contribution in [2.24, 2.45) is 9.50 Å². The summed E-state index contributed by atoms with van der Waals surface area (Å²) in [5, 5.41) is 16.2. The van der Waals surface area contributed by atoms with Gasteiger partial charge in [0.2, 0.25) is 0 Å². The third-order valence-corrected chi connectivity index (χ3v) is 8.99. The Balaban J connectivity index is 2.13. The predicted octanol–water partition coefficient (Wildman–Crippen LogP) is 6.31. The summed E-state index contributed by atoms with van der Waals surface area (Å²) in [7, 11) is -3.72. The summed E-state index contributed by atoms with van der Waals surface area (Å²) >= 11 is 0.856. The van der Waals surface area contributed by atoms with Crippen molar-refractivity contribution >= 4 is 27.2 Å². The van der Waals surface area contributed by atoms with Crippen LogP contribution < -0.4 is 5.14 Å². The lowest BCUT2D eigenvalue weighted by Crippen LogP contribution is -2.18. The molecule has 0 aliphatic rings. The van der Waals surface area contributed by atoms with Crippen LogP contribution >= 0.6 is 11.3 Å². The molecule has 3 rings (SSSR count). The van der Waals surface area contributed by atoms with Crippen molar-refractivity contribution in [3.8, 4) is 11.3 Å². The van der Waals surface area contributed by atoms with E-state index in [2.05, 4.69) is 14.3 Å². The molecular weight excluding hydrogens is 556 g/mol. The molecular formula is C26H30F4N4O3S2. The average molecular weight is 587 g/mol. The lowest BCUT2D eigenvalue weighted by molar-refractivity contribution is -0.137. The number of amides is 1. The first-order valence-electron chi connectivity index (χ1n) is 12.0. The van der Waals surface area contributed by atoms with E-state index >= 15 is 4.39 Å². The molecule has 39 heavy (non-hydrogen) atoms. The number of nitrogens with zero attached hydrogens (tertiary/aromatic N) is 3. The maximum absolute atomic E-state index is 15.9. The highest BCUT2D eigenvalue weighted by Crippen LogP contribution is 2.37. The van der Waals surface area contributed by atoms with Crippen molar-refractivity contribution in [2.45, 2.75) is 75.8 Å². The number of halogens is 4. The third kappa shape index (κ3) is 6.89. The first-order valence-corrected chi connectivity index (χ1v) is 14.4. The minimum atomic E-state index is -4.62. The molecule has 3 aromatic rings. The molecule has 0 fully saturated rings. The Bertz CT molecular complexity index is 1520. The lowest BCUT2D eigenvalue weighted by atomic mass is 9.88. The van der Waals surface area contributed by atoms with Gasteiger partial charge in [0.1, 0.15) is 20.5 Å². The van der Waals surface area contributed by atoms with E-state index in [0.29, 0.717) is 5.69 Å². The van der Waals surface area contributed by atoms with E-state index in [1.165, 1.54) is 32.2 Å². The third-order valence-electron chi connectivity index (χ3n) is 5.76. The highest BCUT2D eigenvalue weighted by atomic mass is 32.2. The largest absolute Gasteiger partial charge is 0.416 e. The standard InChI is InChI=1S/C26H30F4N4O3S2/c1-13(2)20-17(11-18(35)34-39(31,37)19-12-32-24(38-19)25(5,6)36)22(14(3)4)33-23(21(20)27)15-8-7-9-16(10-15)26(28,29)30/h7-10,12-14,36H,11H2,1-6H3,(H2,31,34,35,37). The number of rotatable bonds is 7. The van der Waals surface area contributed by atoms with E-state index < -0.39 is 51.3 Å². The van der Waals surface area contributed by atoms with Crippen molar-refractivity contribution in [1.29, 1.82) is 0 Å². The second kappa shape index (κ2) is 11.0. The van der Waals surface area contributed by atoms with Crippen LogP contribution in [0.4, 0.5) is 17.6 Å². The zero-order valence-corrected chi connectivity index (χ0v) is 23.9. The van der Waals surface area contributed by atoms with Gasteiger partial charge in [-0.05, 0) is 48.9 Å². The van der Waals surface area contributed by atoms with Gasteiger partial charge in [-0.1, -0.05) is 39.8 Å². The number of aliphatic hydroxyl groups is 1. The number of carbonyl (C=O) groups is 1. The van der Waals surface area contributed by atoms with Gasteiger partial charge >= 0.3 is 6.18 Å². The summed E-state index contributed by atoms with van der Waals surface area (Å²) in [6.45, 7) is 9.86. The summed E-state index contributed by atoms with van der Waals surface area (Å²) in [5.74, 6) is -2.55. The number of hydrogen-bond acceptors (Lipinski definition) is 6. The van der Waals surface area contributed by atoms with Crippen molar-refractivity contribution in [3.63, 3.8) is 0 Å². The Morgan fingerprint density at radius 2 is 1.82 bits per heavy atom. The Labute approximate surface area is 228 Å². The predicted molar refractivity (Wildman–Crippen MR) is 142 cm³/mol. The number of alkyl halides is 3. The molecule has 0 bridgehead atoms. The second-order valence-electron chi connectivity index (χ2n) is 10.2. The van der Waals surface area contributed by atoms with E-state index in [-0.39, 0.29) is 37.5 Å². The lowest BCUT2D eigenvalue weighted by Gasteiger charge is -2.21. The van der Waals surface area contributed by atoms with Gasteiger partial charge in [0, 0.05) is 11.3 Å². The van der Waals surface area contributed by atoms with Crippen LogP contribution in [0, 0.1) is 5.82 Å². The first-order chi connectivity index (χ1) is 17.8. The summed E-state index contributed by atoms with van der Waals surface area (Å²) in [6.07, 6.45) is -3.91. The van der Waals surface area contributed by atoms with E-state index in [9.17, 15) is 27.3 Å². The molecule has 2 heterocycles. The molecule has 0 aliphatic carbocycles. The number of carbonyl (C=O) groups excluding carboxylic acids is 1. The van der Waals surface area contributed by atoms with Crippen LogP contribution in [0.2, 0.25) is 0 Å². The molecule has 13 heteroatoms. The van der Waals surface area contributed by atoms with Crippen molar-refractivity contribution in [1.82, 2.24) is 9.97 Å². The molecule has 212 valence electrons. The average Bonchev–Trinajstić information content (AvgIpc) is 3.30. The Kier molecular flexibility index (Phi) is 8.71. The molecule has 0 radical (unpaired) electrons. The van der Waals surface area contributed by atoms with E-state index in [1.54, 1.807) is 27.7 Å². The summed E-state index contributed by atoms with van der Waals surface area (Å²) < 4.78 is 72.6. The molecule has 1 atom stereocenters. The van der Waals surface area contributed by atoms with Gasteiger partial charge < -0.3 is 5.11 Å². The van der Waals surface area contributed by atoms with E-state index in [0.717, 1.165) is 23.5 Å². The monoisotopic (exact) mass is 586 g/mol. The maximum Gasteiger partial charge on any atom is 0.416 e. The molecule has 0 saturated heterocycles. The van der Waals surface area contributed by atoms with Crippen LogP contribution in [0.3, 0.4) is 0 Å². The van der Waals surface area contributed by atoms with Crippen molar-refractivity contribution < 1.29 is 31.7 Å². The smallest absolute Gasteiger partial charge is 0.383 e. The number of aromatic nitrogens is 2. The normalized spacial score (nSPS) is 14.1. The molecule has 0 spiro atoms. The summed E-state index contributed by atoms with van der Waals surface area (Å²) in [4.78, 5) is 21.4. The Morgan fingerprint density at radius 1 is 1.18 bits per heavy atom. The number of thiazole rings is 1. The topological polar surface area (TPSA) is 119 Å². The molecule has 3 N–H and O–H groups in total. The number of nitrogens with two attached hydrogens (primary N) is 1. The van der Waals surface area contributed by atoms with E-state index in [4.69, 9.17) is 5.14 Å². The highest BCUT2D eigenvalue weighted by molar-refractivity contribution is 7.93. The van der Waals surface area contributed by atoms with Crippen LogP contribution in [0.15, 0.2) is 39.0 Å². The first kappa shape index (κ1) is 30.8. The fourth-order valence-electron chi connectivity index (χ4n) is 3.99. The van der Waals surface area contributed by atoms with Gasteiger partial charge in [0.25, 0.3) is 5.91 Å². The van der Waals surface area contributed by atoms with Crippen molar-refractivity contribution in [2.75, 3.05) is 0 Å². The summed E-state index contributed by atoms with van der Waals surface area (Å²) in [6, 6.07) is 4.25. The molecule has 1 unspecified atom stereocenters. The van der Waals surface area contributed by atoms with Crippen LogP contribution in [0.25, 0.3) is 11.3 Å².